The van der Waals surface area contributed by atoms with Crippen molar-refractivity contribution in [3.63, 3.8) is 0 Å². The van der Waals surface area contributed by atoms with Gasteiger partial charge in [0.05, 0.1) is 19.1 Å². The molecule has 1 spiro atoms. The maximum absolute atomic E-state index is 11.2. The fourth-order valence-corrected chi connectivity index (χ4v) is 4.73. The molecule has 1 saturated heterocycles. The summed E-state index contributed by atoms with van der Waals surface area (Å²) < 4.78 is 17.6. The molecule has 1 aliphatic heterocycles. The van der Waals surface area contributed by atoms with Gasteiger partial charge in [-0.05, 0) is 51.4 Å². The summed E-state index contributed by atoms with van der Waals surface area (Å²) in [4.78, 5) is 11.2. The van der Waals surface area contributed by atoms with Crippen molar-refractivity contribution < 1.29 is 24.1 Å². The van der Waals surface area contributed by atoms with Gasteiger partial charge in [0.1, 0.15) is 0 Å². The lowest BCUT2D eigenvalue weighted by atomic mass is 9.86. The molecule has 1 aliphatic carbocycles. The van der Waals surface area contributed by atoms with E-state index >= 15 is 0 Å². The zero-order valence-corrected chi connectivity index (χ0v) is 17.9. The van der Waals surface area contributed by atoms with Crippen LogP contribution in [0.4, 0.5) is 0 Å². The standard InChI is InChI=1S/C23H40O5/c1-3-19(22(24)25)11-7-5-9-13-21-20(12-8-6-10-16-26-4-2)14-15-23(21)27-17-18-28-23/h8,12,19-21H,3-7,9-11,13-18H2,1-2H3,(H,24,25)/t19?,20-,21+/m0/s1. The largest absolute Gasteiger partial charge is 0.481 e. The number of allylic oxidation sites excluding steroid dienone is 2. The third-order valence-electron chi connectivity index (χ3n) is 6.34. The van der Waals surface area contributed by atoms with Crippen molar-refractivity contribution in [3.8, 4) is 0 Å². The zero-order chi connectivity index (χ0) is 20.2. The number of rotatable bonds is 14. The van der Waals surface area contributed by atoms with Crippen LogP contribution < -0.4 is 0 Å². The van der Waals surface area contributed by atoms with Crippen LogP contribution in [0.3, 0.4) is 0 Å². The van der Waals surface area contributed by atoms with Crippen molar-refractivity contribution in [1.29, 1.82) is 0 Å². The average molecular weight is 397 g/mol. The van der Waals surface area contributed by atoms with E-state index in [9.17, 15) is 9.90 Å². The van der Waals surface area contributed by atoms with Gasteiger partial charge in [-0.25, -0.2) is 0 Å². The van der Waals surface area contributed by atoms with Crippen molar-refractivity contribution in [2.75, 3.05) is 26.4 Å². The minimum Gasteiger partial charge on any atom is -0.481 e. The van der Waals surface area contributed by atoms with Crippen LogP contribution in [0.1, 0.15) is 78.1 Å². The second-order valence-electron chi connectivity index (χ2n) is 8.17. The van der Waals surface area contributed by atoms with Gasteiger partial charge in [0.2, 0.25) is 0 Å². The Morgan fingerprint density at radius 1 is 1.21 bits per heavy atom. The topological polar surface area (TPSA) is 65.0 Å². The van der Waals surface area contributed by atoms with Crippen molar-refractivity contribution in [2.45, 2.75) is 83.8 Å². The number of carbonyl (C=O) groups is 1. The number of carboxylic acid groups (broad SMARTS) is 1. The fourth-order valence-electron chi connectivity index (χ4n) is 4.73. The minimum absolute atomic E-state index is 0.188. The highest BCUT2D eigenvalue weighted by Crippen LogP contribution is 2.48. The second kappa shape index (κ2) is 12.6. The van der Waals surface area contributed by atoms with Crippen LogP contribution in [0.5, 0.6) is 0 Å². The zero-order valence-electron chi connectivity index (χ0n) is 17.9. The lowest BCUT2D eigenvalue weighted by molar-refractivity contribution is -0.186. The van der Waals surface area contributed by atoms with E-state index in [0.717, 1.165) is 77.4 Å². The molecule has 28 heavy (non-hydrogen) atoms. The van der Waals surface area contributed by atoms with E-state index < -0.39 is 5.97 Å². The Kier molecular flexibility index (Phi) is 10.5. The maximum atomic E-state index is 11.2. The number of hydrogen-bond donors (Lipinski definition) is 1. The summed E-state index contributed by atoms with van der Waals surface area (Å²) in [6.45, 7) is 7.03. The Morgan fingerprint density at radius 3 is 2.68 bits per heavy atom. The van der Waals surface area contributed by atoms with Crippen LogP contribution in [-0.2, 0) is 19.0 Å². The van der Waals surface area contributed by atoms with Crippen LogP contribution in [0, 0.1) is 17.8 Å². The van der Waals surface area contributed by atoms with Crippen molar-refractivity contribution in [2.24, 2.45) is 17.8 Å². The van der Waals surface area contributed by atoms with Gasteiger partial charge in [0.15, 0.2) is 5.79 Å². The first-order valence-electron chi connectivity index (χ1n) is 11.4. The molecule has 5 nitrogen and oxygen atoms in total. The number of aliphatic carboxylic acids is 1. The second-order valence-corrected chi connectivity index (χ2v) is 8.17. The molecule has 2 fully saturated rings. The molecule has 2 rings (SSSR count). The molecule has 0 radical (unpaired) electrons. The average Bonchev–Trinajstić information content (AvgIpc) is 3.29. The van der Waals surface area contributed by atoms with Gasteiger partial charge in [-0.2, -0.15) is 0 Å². The molecule has 0 aromatic rings. The first-order valence-corrected chi connectivity index (χ1v) is 11.4. The van der Waals surface area contributed by atoms with E-state index in [1.54, 1.807) is 0 Å². The van der Waals surface area contributed by atoms with Crippen molar-refractivity contribution in [3.05, 3.63) is 12.2 Å². The number of carboxylic acids is 1. The highest BCUT2D eigenvalue weighted by Gasteiger charge is 2.51. The monoisotopic (exact) mass is 396 g/mol. The number of hydrogen-bond acceptors (Lipinski definition) is 4. The Morgan fingerprint density at radius 2 is 2.00 bits per heavy atom. The van der Waals surface area contributed by atoms with Crippen molar-refractivity contribution >= 4 is 5.97 Å². The highest BCUT2D eigenvalue weighted by atomic mass is 16.7. The van der Waals surface area contributed by atoms with E-state index in [0.29, 0.717) is 25.0 Å². The van der Waals surface area contributed by atoms with Gasteiger partial charge in [-0.1, -0.05) is 38.3 Å². The lowest BCUT2D eigenvalue weighted by Gasteiger charge is -2.31. The Bertz CT molecular complexity index is 470. The summed E-state index contributed by atoms with van der Waals surface area (Å²) in [6.07, 6.45) is 14.7. The number of ether oxygens (including phenoxy) is 3. The summed E-state index contributed by atoms with van der Waals surface area (Å²) in [6, 6.07) is 0. The van der Waals surface area contributed by atoms with Gasteiger partial charge in [0.25, 0.3) is 0 Å². The molecular weight excluding hydrogens is 356 g/mol. The molecule has 0 aromatic carbocycles. The normalized spacial score (nSPS) is 25.1. The Balaban J connectivity index is 1.78. The summed E-state index contributed by atoms with van der Waals surface area (Å²) in [5.74, 6) is -0.272. The van der Waals surface area contributed by atoms with E-state index in [4.69, 9.17) is 14.2 Å². The molecular formula is C23H40O5. The smallest absolute Gasteiger partial charge is 0.306 e. The summed E-state index contributed by atoms with van der Waals surface area (Å²) in [7, 11) is 0. The Hall–Kier alpha value is -0.910. The summed E-state index contributed by atoms with van der Waals surface area (Å²) in [5.41, 5.74) is 0. The molecule has 0 aromatic heterocycles. The quantitative estimate of drug-likeness (QED) is 0.323. The summed E-state index contributed by atoms with van der Waals surface area (Å²) >= 11 is 0. The molecule has 5 heteroatoms. The van der Waals surface area contributed by atoms with Gasteiger partial charge in [-0.15, -0.1) is 0 Å². The van der Waals surface area contributed by atoms with E-state index in [-0.39, 0.29) is 11.7 Å². The van der Waals surface area contributed by atoms with Crippen LogP contribution in [-0.4, -0.2) is 43.3 Å². The molecule has 1 heterocycles. The van der Waals surface area contributed by atoms with E-state index in [1.165, 1.54) is 0 Å². The van der Waals surface area contributed by atoms with Crippen LogP contribution in [0.25, 0.3) is 0 Å². The predicted molar refractivity (Wildman–Crippen MR) is 110 cm³/mol. The molecule has 3 atom stereocenters. The van der Waals surface area contributed by atoms with Gasteiger partial charge in [-0.3, -0.25) is 4.79 Å². The van der Waals surface area contributed by atoms with Crippen LogP contribution >= 0.6 is 0 Å². The first kappa shape index (κ1) is 23.4. The molecule has 162 valence electrons. The fraction of sp³-hybridized carbons (Fsp3) is 0.870. The molecule has 1 saturated carbocycles. The van der Waals surface area contributed by atoms with E-state index in [2.05, 4.69) is 12.2 Å². The van der Waals surface area contributed by atoms with Gasteiger partial charge >= 0.3 is 5.97 Å². The predicted octanol–water partition coefficient (Wildman–Crippen LogP) is 5.19. The Labute approximate surface area is 170 Å². The third kappa shape index (κ3) is 6.85. The van der Waals surface area contributed by atoms with Crippen LogP contribution in [0.15, 0.2) is 12.2 Å². The summed E-state index contributed by atoms with van der Waals surface area (Å²) in [5, 5.41) is 9.18. The van der Waals surface area contributed by atoms with Crippen LogP contribution in [0.2, 0.25) is 0 Å². The SMILES string of the molecule is CCOCCCC=C[C@H]1CCC2(OCCO2)[C@@H]1CCCCCC(CC)C(=O)O. The van der Waals surface area contributed by atoms with E-state index in [1.807, 2.05) is 13.8 Å². The number of unbranched alkanes of at least 4 members (excludes halogenated alkanes) is 3. The molecule has 0 amide bonds. The molecule has 2 aliphatic rings. The third-order valence-corrected chi connectivity index (χ3v) is 6.34. The molecule has 1 unspecified atom stereocenters. The molecule has 0 bridgehead atoms. The minimum atomic E-state index is -0.653. The van der Waals surface area contributed by atoms with Gasteiger partial charge < -0.3 is 19.3 Å². The highest BCUT2D eigenvalue weighted by molar-refractivity contribution is 5.69. The lowest BCUT2D eigenvalue weighted by Crippen LogP contribution is -2.36. The van der Waals surface area contributed by atoms with Crippen molar-refractivity contribution in [1.82, 2.24) is 0 Å². The van der Waals surface area contributed by atoms with Gasteiger partial charge in [0, 0.05) is 25.6 Å². The first-order chi connectivity index (χ1) is 13.6. The molecule has 1 N–H and O–H groups in total. The maximum Gasteiger partial charge on any atom is 0.306 e.